The van der Waals surface area contributed by atoms with E-state index in [-0.39, 0.29) is 0 Å². The van der Waals surface area contributed by atoms with Gasteiger partial charge >= 0.3 is 0 Å². The standard InChI is InChI=1S/C8H15N/c1-2-9-7-3-4-8(7)5-6-8/h7,9H,2-6H2,1H3. The summed E-state index contributed by atoms with van der Waals surface area (Å²) in [5.41, 5.74) is 0.829. The van der Waals surface area contributed by atoms with Crippen LogP contribution in [0.3, 0.4) is 0 Å². The van der Waals surface area contributed by atoms with Gasteiger partial charge in [0, 0.05) is 6.04 Å². The predicted octanol–water partition coefficient (Wildman–Crippen LogP) is 1.54. The van der Waals surface area contributed by atoms with E-state index in [1.54, 1.807) is 0 Å². The fraction of sp³-hybridized carbons (Fsp3) is 1.00. The monoisotopic (exact) mass is 125 g/mol. The Morgan fingerprint density at radius 3 is 2.56 bits per heavy atom. The second-order valence-corrected chi connectivity index (χ2v) is 3.51. The van der Waals surface area contributed by atoms with Gasteiger partial charge in [-0.2, -0.15) is 0 Å². The summed E-state index contributed by atoms with van der Waals surface area (Å²) in [4.78, 5) is 0. The summed E-state index contributed by atoms with van der Waals surface area (Å²) in [6.45, 7) is 3.36. The molecule has 2 aliphatic carbocycles. The van der Waals surface area contributed by atoms with Crippen LogP contribution in [0.5, 0.6) is 0 Å². The van der Waals surface area contributed by atoms with Gasteiger partial charge in [-0.15, -0.1) is 0 Å². The summed E-state index contributed by atoms with van der Waals surface area (Å²) in [5.74, 6) is 0. The van der Waals surface area contributed by atoms with E-state index in [2.05, 4.69) is 12.2 Å². The van der Waals surface area contributed by atoms with Crippen molar-refractivity contribution in [3.05, 3.63) is 0 Å². The number of rotatable bonds is 2. The largest absolute Gasteiger partial charge is 0.314 e. The van der Waals surface area contributed by atoms with Crippen LogP contribution < -0.4 is 5.32 Å². The van der Waals surface area contributed by atoms with E-state index in [0.717, 1.165) is 18.0 Å². The van der Waals surface area contributed by atoms with Gasteiger partial charge in [0.2, 0.25) is 0 Å². The molecule has 0 aromatic heterocycles. The van der Waals surface area contributed by atoms with E-state index >= 15 is 0 Å². The van der Waals surface area contributed by atoms with Crippen LogP contribution in [0.2, 0.25) is 0 Å². The summed E-state index contributed by atoms with van der Waals surface area (Å²) in [6, 6.07) is 0.905. The highest BCUT2D eigenvalue weighted by atomic mass is 15.0. The first-order valence-electron chi connectivity index (χ1n) is 4.11. The third-order valence-electron chi connectivity index (χ3n) is 3.01. The Kier molecular flexibility index (Phi) is 1.10. The van der Waals surface area contributed by atoms with Crippen LogP contribution in [-0.2, 0) is 0 Å². The van der Waals surface area contributed by atoms with E-state index in [1.807, 2.05) is 0 Å². The minimum absolute atomic E-state index is 0.829. The maximum atomic E-state index is 3.53. The van der Waals surface area contributed by atoms with Gasteiger partial charge < -0.3 is 5.32 Å². The summed E-state index contributed by atoms with van der Waals surface area (Å²) in [5, 5.41) is 3.53. The van der Waals surface area contributed by atoms with Gasteiger partial charge in [0.05, 0.1) is 0 Å². The number of nitrogens with one attached hydrogen (secondary N) is 1. The lowest BCUT2D eigenvalue weighted by molar-refractivity contribution is 0.187. The minimum atomic E-state index is 0.829. The third kappa shape index (κ3) is 0.710. The molecule has 2 rings (SSSR count). The highest BCUT2D eigenvalue weighted by molar-refractivity contribution is 5.09. The first-order chi connectivity index (χ1) is 4.37. The summed E-state index contributed by atoms with van der Waals surface area (Å²) in [6.07, 6.45) is 5.95. The molecule has 2 fully saturated rings. The van der Waals surface area contributed by atoms with E-state index in [1.165, 1.54) is 25.7 Å². The maximum Gasteiger partial charge on any atom is 0.0124 e. The molecule has 1 unspecified atom stereocenters. The van der Waals surface area contributed by atoms with Gasteiger partial charge in [0.1, 0.15) is 0 Å². The molecule has 1 heteroatoms. The van der Waals surface area contributed by atoms with Gasteiger partial charge in [-0.05, 0) is 37.6 Å². The Morgan fingerprint density at radius 2 is 2.22 bits per heavy atom. The van der Waals surface area contributed by atoms with Crippen molar-refractivity contribution in [3.8, 4) is 0 Å². The molecule has 0 radical (unpaired) electrons. The van der Waals surface area contributed by atoms with Crippen molar-refractivity contribution in [1.82, 2.24) is 5.32 Å². The topological polar surface area (TPSA) is 12.0 Å². The molecule has 0 aromatic rings. The molecular weight excluding hydrogens is 110 g/mol. The lowest BCUT2D eigenvalue weighted by Crippen LogP contribution is -2.45. The molecule has 0 aromatic carbocycles. The van der Waals surface area contributed by atoms with E-state index in [9.17, 15) is 0 Å². The summed E-state index contributed by atoms with van der Waals surface area (Å²) in [7, 11) is 0. The van der Waals surface area contributed by atoms with Crippen molar-refractivity contribution in [1.29, 1.82) is 0 Å². The summed E-state index contributed by atoms with van der Waals surface area (Å²) < 4.78 is 0. The molecule has 0 amide bonds. The zero-order chi connectivity index (χ0) is 6.32. The normalized spacial score (nSPS) is 36.3. The molecular formula is C8H15N. The molecule has 0 saturated heterocycles. The first-order valence-corrected chi connectivity index (χ1v) is 4.11. The number of hydrogen-bond acceptors (Lipinski definition) is 1. The summed E-state index contributed by atoms with van der Waals surface area (Å²) >= 11 is 0. The average molecular weight is 125 g/mol. The molecule has 2 saturated carbocycles. The second-order valence-electron chi connectivity index (χ2n) is 3.51. The molecule has 52 valence electrons. The van der Waals surface area contributed by atoms with Gasteiger partial charge in [-0.3, -0.25) is 0 Å². The van der Waals surface area contributed by atoms with Crippen LogP contribution in [0.25, 0.3) is 0 Å². The Balaban J connectivity index is 1.85. The zero-order valence-electron chi connectivity index (χ0n) is 6.11. The Morgan fingerprint density at radius 1 is 1.44 bits per heavy atom. The van der Waals surface area contributed by atoms with Crippen LogP contribution in [0.15, 0.2) is 0 Å². The van der Waals surface area contributed by atoms with Crippen molar-refractivity contribution >= 4 is 0 Å². The van der Waals surface area contributed by atoms with E-state index in [4.69, 9.17) is 0 Å². The quantitative estimate of drug-likeness (QED) is 0.590. The predicted molar refractivity (Wildman–Crippen MR) is 38.4 cm³/mol. The van der Waals surface area contributed by atoms with Gasteiger partial charge in [0.25, 0.3) is 0 Å². The van der Waals surface area contributed by atoms with Crippen LogP contribution in [0.4, 0.5) is 0 Å². The molecule has 9 heavy (non-hydrogen) atoms. The van der Waals surface area contributed by atoms with E-state index in [0.29, 0.717) is 0 Å². The molecule has 0 bridgehead atoms. The van der Waals surface area contributed by atoms with Crippen LogP contribution >= 0.6 is 0 Å². The lowest BCUT2D eigenvalue weighted by atomic mass is 9.76. The Bertz CT molecular complexity index is 116. The van der Waals surface area contributed by atoms with E-state index < -0.39 is 0 Å². The first kappa shape index (κ1) is 5.72. The SMILES string of the molecule is CCNC1CCC12CC2. The van der Waals surface area contributed by atoms with Crippen molar-refractivity contribution in [2.75, 3.05) is 6.54 Å². The molecule has 1 spiro atoms. The maximum absolute atomic E-state index is 3.53. The molecule has 1 atom stereocenters. The Hall–Kier alpha value is -0.0400. The van der Waals surface area contributed by atoms with Crippen LogP contribution in [0.1, 0.15) is 32.6 Å². The third-order valence-corrected chi connectivity index (χ3v) is 3.01. The highest BCUT2D eigenvalue weighted by Gasteiger charge is 2.54. The zero-order valence-corrected chi connectivity index (χ0v) is 6.11. The molecule has 1 nitrogen and oxygen atoms in total. The highest BCUT2D eigenvalue weighted by Crippen LogP contribution is 2.60. The average Bonchev–Trinajstić information content (AvgIpc) is 2.60. The molecule has 1 N–H and O–H groups in total. The number of hydrogen-bond donors (Lipinski definition) is 1. The molecule has 2 aliphatic rings. The smallest absolute Gasteiger partial charge is 0.0124 e. The lowest BCUT2D eigenvalue weighted by Gasteiger charge is -2.37. The minimum Gasteiger partial charge on any atom is -0.314 e. The van der Waals surface area contributed by atoms with Crippen molar-refractivity contribution in [2.24, 2.45) is 5.41 Å². The van der Waals surface area contributed by atoms with Crippen molar-refractivity contribution < 1.29 is 0 Å². The van der Waals surface area contributed by atoms with Gasteiger partial charge in [0.15, 0.2) is 0 Å². The molecule has 0 aliphatic heterocycles. The van der Waals surface area contributed by atoms with Crippen molar-refractivity contribution in [2.45, 2.75) is 38.6 Å². The fourth-order valence-corrected chi connectivity index (χ4v) is 2.02. The van der Waals surface area contributed by atoms with Gasteiger partial charge in [-0.1, -0.05) is 6.92 Å². The van der Waals surface area contributed by atoms with Crippen molar-refractivity contribution in [3.63, 3.8) is 0 Å². The van der Waals surface area contributed by atoms with Crippen LogP contribution in [-0.4, -0.2) is 12.6 Å². The van der Waals surface area contributed by atoms with Crippen LogP contribution in [0, 0.1) is 5.41 Å². The molecule has 0 heterocycles. The van der Waals surface area contributed by atoms with Gasteiger partial charge in [-0.25, -0.2) is 0 Å². The Labute approximate surface area is 56.8 Å². The fourth-order valence-electron chi connectivity index (χ4n) is 2.02. The second kappa shape index (κ2) is 1.72.